The van der Waals surface area contributed by atoms with Gasteiger partial charge in [0.15, 0.2) is 0 Å². The maximum absolute atomic E-state index is 3.93. The molecule has 0 radical (unpaired) electrons. The van der Waals surface area contributed by atoms with Crippen LogP contribution in [0.1, 0.15) is 74.1 Å². The second-order valence-corrected chi connectivity index (χ2v) is 7.94. The van der Waals surface area contributed by atoms with E-state index in [1.807, 2.05) is 0 Å². The van der Waals surface area contributed by atoms with Crippen molar-refractivity contribution in [3.8, 4) is 0 Å². The third-order valence-electron chi connectivity index (χ3n) is 5.64. The van der Waals surface area contributed by atoms with Crippen molar-refractivity contribution in [2.24, 2.45) is 17.8 Å². The first-order chi connectivity index (χ1) is 9.86. The molecule has 2 nitrogen and oxygen atoms in total. The zero-order chi connectivity index (χ0) is 16.0. The summed E-state index contributed by atoms with van der Waals surface area (Å²) < 4.78 is 0. The zero-order valence-corrected chi connectivity index (χ0v) is 15.7. The van der Waals surface area contributed by atoms with Crippen LogP contribution in [0.5, 0.6) is 0 Å². The highest BCUT2D eigenvalue weighted by Crippen LogP contribution is 2.38. The molecular formula is C19H40N2. The van der Waals surface area contributed by atoms with E-state index < -0.39 is 0 Å². The second-order valence-electron chi connectivity index (χ2n) is 7.94. The molecule has 0 saturated heterocycles. The lowest BCUT2D eigenvalue weighted by atomic mass is 9.69. The quantitative estimate of drug-likeness (QED) is 0.707. The van der Waals surface area contributed by atoms with Crippen LogP contribution in [0.2, 0.25) is 0 Å². The molecule has 0 bridgehead atoms. The molecule has 3 atom stereocenters. The minimum absolute atomic E-state index is 0.236. The number of rotatable bonds is 8. The van der Waals surface area contributed by atoms with Crippen LogP contribution in [0.4, 0.5) is 0 Å². The Morgan fingerprint density at radius 3 is 1.95 bits per heavy atom. The van der Waals surface area contributed by atoms with E-state index in [1.165, 1.54) is 25.7 Å². The number of nitrogens with one attached hydrogen (secondary N) is 1. The van der Waals surface area contributed by atoms with Crippen molar-refractivity contribution in [2.75, 3.05) is 19.6 Å². The number of hydrogen-bond donors (Lipinski definition) is 1. The number of hydrogen-bond acceptors (Lipinski definition) is 2. The standard InChI is InChI=1S/C19H40N2/c1-8-11-20-18(19(6,7)21(9-2)10-3)17-13-15(4)12-16(5)14-17/h15-18,20H,8-14H2,1-7H3. The van der Waals surface area contributed by atoms with E-state index in [0.29, 0.717) is 6.04 Å². The molecule has 0 spiro atoms. The first-order valence-electron chi connectivity index (χ1n) is 9.35. The summed E-state index contributed by atoms with van der Waals surface area (Å²) in [5, 5.41) is 3.93. The van der Waals surface area contributed by atoms with E-state index in [1.54, 1.807) is 0 Å². The fraction of sp³-hybridized carbons (Fsp3) is 1.00. The Morgan fingerprint density at radius 1 is 1.00 bits per heavy atom. The van der Waals surface area contributed by atoms with Crippen LogP contribution in [0, 0.1) is 17.8 Å². The van der Waals surface area contributed by atoms with Crippen LogP contribution in [0.15, 0.2) is 0 Å². The van der Waals surface area contributed by atoms with Gasteiger partial charge >= 0.3 is 0 Å². The molecule has 0 aromatic heterocycles. The van der Waals surface area contributed by atoms with Gasteiger partial charge in [0.1, 0.15) is 0 Å². The molecule has 3 unspecified atom stereocenters. The van der Waals surface area contributed by atoms with Gasteiger partial charge in [-0.2, -0.15) is 0 Å². The van der Waals surface area contributed by atoms with Gasteiger partial charge in [0.2, 0.25) is 0 Å². The molecule has 0 amide bonds. The molecule has 126 valence electrons. The van der Waals surface area contributed by atoms with Gasteiger partial charge in [0, 0.05) is 11.6 Å². The molecule has 1 rings (SSSR count). The lowest BCUT2D eigenvalue weighted by Crippen LogP contribution is -2.61. The van der Waals surface area contributed by atoms with Gasteiger partial charge in [-0.05, 0) is 76.9 Å². The minimum Gasteiger partial charge on any atom is -0.312 e. The Kier molecular flexibility index (Phi) is 7.70. The first-order valence-corrected chi connectivity index (χ1v) is 9.35. The maximum Gasteiger partial charge on any atom is 0.0308 e. The summed E-state index contributed by atoms with van der Waals surface area (Å²) >= 11 is 0. The van der Waals surface area contributed by atoms with Gasteiger partial charge in [0.25, 0.3) is 0 Å². The Labute approximate surface area is 134 Å². The van der Waals surface area contributed by atoms with Gasteiger partial charge in [-0.3, -0.25) is 4.90 Å². The summed E-state index contributed by atoms with van der Waals surface area (Å²) in [6.07, 6.45) is 5.44. The van der Waals surface area contributed by atoms with Crippen molar-refractivity contribution in [2.45, 2.75) is 85.7 Å². The zero-order valence-electron chi connectivity index (χ0n) is 15.7. The van der Waals surface area contributed by atoms with E-state index in [4.69, 9.17) is 0 Å². The van der Waals surface area contributed by atoms with Crippen molar-refractivity contribution >= 4 is 0 Å². The fourth-order valence-corrected chi connectivity index (χ4v) is 4.81. The number of likely N-dealkylation sites (N-methyl/N-ethyl adjacent to an activating group) is 1. The van der Waals surface area contributed by atoms with Crippen LogP contribution >= 0.6 is 0 Å². The Morgan fingerprint density at radius 2 is 1.52 bits per heavy atom. The van der Waals surface area contributed by atoms with Crippen LogP contribution in [0.25, 0.3) is 0 Å². The Hall–Kier alpha value is -0.0800. The van der Waals surface area contributed by atoms with Gasteiger partial charge in [-0.25, -0.2) is 0 Å². The molecule has 2 heteroatoms. The van der Waals surface area contributed by atoms with Gasteiger partial charge in [0.05, 0.1) is 0 Å². The predicted octanol–water partition coefficient (Wildman–Crippen LogP) is 4.55. The Balaban J connectivity index is 2.92. The molecule has 0 aliphatic heterocycles. The van der Waals surface area contributed by atoms with Gasteiger partial charge in [-0.15, -0.1) is 0 Å². The van der Waals surface area contributed by atoms with Gasteiger partial charge < -0.3 is 5.32 Å². The summed E-state index contributed by atoms with van der Waals surface area (Å²) in [7, 11) is 0. The molecule has 1 aliphatic carbocycles. The van der Waals surface area contributed by atoms with Gasteiger partial charge in [-0.1, -0.05) is 34.6 Å². The molecule has 1 saturated carbocycles. The molecule has 0 aromatic rings. The Bertz CT molecular complexity index is 273. The second kappa shape index (κ2) is 8.53. The molecule has 1 N–H and O–H groups in total. The normalized spacial score (nSPS) is 28.9. The largest absolute Gasteiger partial charge is 0.312 e. The van der Waals surface area contributed by atoms with E-state index >= 15 is 0 Å². The topological polar surface area (TPSA) is 15.3 Å². The fourth-order valence-electron chi connectivity index (χ4n) is 4.81. The minimum atomic E-state index is 0.236. The van der Waals surface area contributed by atoms with Crippen LogP contribution in [0.3, 0.4) is 0 Å². The maximum atomic E-state index is 3.93. The monoisotopic (exact) mass is 296 g/mol. The van der Waals surface area contributed by atoms with Crippen molar-refractivity contribution in [3.63, 3.8) is 0 Å². The first kappa shape index (κ1) is 19.0. The summed E-state index contributed by atoms with van der Waals surface area (Å²) in [6, 6.07) is 0.613. The van der Waals surface area contributed by atoms with Crippen LogP contribution < -0.4 is 5.32 Å². The average Bonchev–Trinajstić information content (AvgIpc) is 2.38. The summed E-state index contributed by atoms with van der Waals surface area (Å²) in [6.45, 7) is 20.1. The van der Waals surface area contributed by atoms with E-state index in [9.17, 15) is 0 Å². The van der Waals surface area contributed by atoms with Crippen LogP contribution in [-0.2, 0) is 0 Å². The summed E-state index contributed by atoms with van der Waals surface area (Å²) in [5.74, 6) is 2.60. The lowest BCUT2D eigenvalue weighted by Gasteiger charge is -2.49. The third kappa shape index (κ3) is 4.96. The average molecular weight is 297 g/mol. The lowest BCUT2D eigenvalue weighted by molar-refractivity contribution is 0.0401. The van der Waals surface area contributed by atoms with E-state index in [-0.39, 0.29) is 5.54 Å². The molecular weight excluding hydrogens is 256 g/mol. The predicted molar refractivity (Wildman–Crippen MR) is 94.8 cm³/mol. The highest BCUT2D eigenvalue weighted by atomic mass is 15.2. The molecule has 1 aliphatic rings. The number of nitrogens with zero attached hydrogens (tertiary/aromatic N) is 1. The van der Waals surface area contributed by atoms with Crippen LogP contribution in [-0.4, -0.2) is 36.1 Å². The summed E-state index contributed by atoms with van der Waals surface area (Å²) in [5.41, 5.74) is 0.236. The molecule has 0 aromatic carbocycles. The molecule has 1 fully saturated rings. The smallest absolute Gasteiger partial charge is 0.0308 e. The van der Waals surface area contributed by atoms with E-state index in [2.05, 4.69) is 58.7 Å². The highest BCUT2D eigenvalue weighted by molar-refractivity contribution is 4.98. The van der Waals surface area contributed by atoms with Crippen molar-refractivity contribution < 1.29 is 0 Å². The highest BCUT2D eigenvalue weighted by Gasteiger charge is 2.40. The third-order valence-corrected chi connectivity index (χ3v) is 5.64. The molecule has 0 heterocycles. The molecule has 21 heavy (non-hydrogen) atoms. The van der Waals surface area contributed by atoms with E-state index in [0.717, 1.165) is 37.4 Å². The SMILES string of the molecule is CCCNC(C1CC(C)CC(C)C1)C(C)(C)N(CC)CC. The summed E-state index contributed by atoms with van der Waals surface area (Å²) in [4.78, 5) is 2.64. The van der Waals surface area contributed by atoms with Crippen molar-refractivity contribution in [1.82, 2.24) is 10.2 Å². The van der Waals surface area contributed by atoms with Crippen molar-refractivity contribution in [3.05, 3.63) is 0 Å². The van der Waals surface area contributed by atoms with Crippen molar-refractivity contribution in [1.29, 1.82) is 0 Å².